The number of imidazole rings is 1. The molecule has 11 heteroatoms. The van der Waals surface area contributed by atoms with E-state index in [1.807, 2.05) is 0 Å². The molecule has 3 aromatic rings. The fourth-order valence-electron chi connectivity index (χ4n) is 3.36. The number of nitrogen functional groups attached to an aromatic ring is 1. The van der Waals surface area contributed by atoms with Crippen molar-refractivity contribution in [3.63, 3.8) is 0 Å². The first-order chi connectivity index (χ1) is 14.8. The minimum Gasteiger partial charge on any atom is -0.384 e. The first-order valence-electron chi connectivity index (χ1n) is 9.42. The number of amides is 2. The van der Waals surface area contributed by atoms with Crippen molar-refractivity contribution in [3.8, 4) is 0 Å². The van der Waals surface area contributed by atoms with Crippen LogP contribution in [0.5, 0.6) is 0 Å². The molecule has 31 heavy (non-hydrogen) atoms. The Hall–Kier alpha value is -3.96. The number of aliphatic hydroxyl groups excluding tert-OH is 1. The number of rotatable bonds is 5. The number of benzene rings is 2. The van der Waals surface area contributed by atoms with Gasteiger partial charge in [-0.25, -0.2) is 4.79 Å². The number of anilines is 2. The molecule has 1 fully saturated rings. The van der Waals surface area contributed by atoms with E-state index in [0.29, 0.717) is 28.0 Å². The molecule has 7 N–H and O–H groups in total. The van der Waals surface area contributed by atoms with Crippen molar-refractivity contribution in [2.45, 2.75) is 12.2 Å². The van der Waals surface area contributed by atoms with Gasteiger partial charge in [-0.1, -0.05) is 0 Å². The van der Waals surface area contributed by atoms with Crippen LogP contribution in [0.4, 0.5) is 11.4 Å². The van der Waals surface area contributed by atoms with Crippen LogP contribution >= 0.6 is 0 Å². The van der Waals surface area contributed by atoms with E-state index in [2.05, 4.69) is 15.3 Å². The lowest BCUT2D eigenvalue weighted by molar-refractivity contribution is -0.150. The number of nitrogens with zero attached hydrogens (tertiary/aromatic N) is 1. The molecule has 1 unspecified atom stereocenters. The zero-order chi connectivity index (χ0) is 22.1. The van der Waals surface area contributed by atoms with Crippen molar-refractivity contribution in [2.24, 2.45) is 5.73 Å². The Balaban J connectivity index is 1.48. The molecule has 0 spiro atoms. The molecule has 0 radical (unpaired) electrons. The molecule has 2 heterocycles. The summed E-state index contributed by atoms with van der Waals surface area (Å²) >= 11 is 0. The van der Waals surface area contributed by atoms with Crippen molar-refractivity contribution in [1.82, 2.24) is 9.97 Å². The topological polar surface area (TPSA) is 177 Å². The Morgan fingerprint density at radius 2 is 1.90 bits per heavy atom. The molecule has 4 rings (SSSR count). The number of nitrogens with one attached hydrogen (secondary N) is 4. The maximum absolute atomic E-state index is 12.9. The number of nitrogens with two attached hydrogens (primary N) is 1. The predicted molar refractivity (Wildman–Crippen MR) is 113 cm³/mol. The van der Waals surface area contributed by atoms with Gasteiger partial charge in [-0.15, -0.1) is 0 Å². The van der Waals surface area contributed by atoms with E-state index >= 15 is 0 Å². The number of carbonyl (C=O) groups is 2. The van der Waals surface area contributed by atoms with E-state index in [9.17, 15) is 19.5 Å². The van der Waals surface area contributed by atoms with Gasteiger partial charge < -0.3 is 35.8 Å². The average molecular weight is 424 g/mol. The summed E-state index contributed by atoms with van der Waals surface area (Å²) in [5.74, 6) is -1.49. The Labute approximate surface area is 175 Å². The van der Waals surface area contributed by atoms with Gasteiger partial charge >= 0.3 is 5.69 Å². The maximum atomic E-state index is 12.9. The largest absolute Gasteiger partial charge is 0.384 e. The molecule has 0 bridgehead atoms. The van der Waals surface area contributed by atoms with Crippen LogP contribution in [0.3, 0.4) is 0 Å². The zero-order valence-electron chi connectivity index (χ0n) is 16.2. The van der Waals surface area contributed by atoms with E-state index < -0.39 is 24.0 Å². The van der Waals surface area contributed by atoms with Gasteiger partial charge in [0.1, 0.15) is 5.84 Å². The predicted octanol–water partition coefficient (Wildman–Crippen LogP) is -0.128. The van der Waals surface area contributed by atoms with Gasteiger partial charge in [-0.2, -0.15) is 0 Å². The summed E-state index contributed by atoms with van der Waals surface area (Å²) in [4.78, 5) is 43.5. The number of hydrogen-bond donors (Lipinski definition) is 6. The summed E-state index contributed by atoms with van der Waals surface area (Å²) < 4.78 is 5.39. The highest BCUT2D eigenvalue weighted by atomic mass is 16.5. The molecule has 0 saturated carbocycles. The van der Waals surface area contributed by atoms with E-state index in [1.54, 1.807) is 30.3 Å². The molecule has 1 aromatic heterocycles. The highest BCUT2D eigenvalue weighted by Gasteiger charge is 2.39. The van der Waals surface area contributed by atoms with E-state index in [-0.39, 0.29) is 24.7 Å². The number of morpholine rings is 1. The second kappa shape index (κ2) is 8.05. The van der Waals surface area contributed by atoms with Crippen LogP contribution in [0.25, 0.3) is 11.0 Å². The third-order valence-electron chi connectivity index (χ3n) is 4.95. The fraction of sp³-hybridized carbons (Fsp3) is 0.200. The van der Waals surface area contributed by atoms with Gasteiger partial charge in [-0.3, -0.25) is 15.0 Å². The molecule has 2 aromatic carbocycles. The van der Waals surface area contributed by atoms with Crippen molar-refractivity contribution < 1.29 is 19.4 Å². The normalized spacial score (nSPS) is 17.5. The van der Waals surface area contributed by atoms with E-state index in [1.165, 1.54) is 17.0 Å². The molecule has 2 atom stereocenters. The second-order valence-corrected chi connectivity index (χ2v) is 7.02. The van der Waals surface area contributed by atoms with Crippen molar-refractivity contribution >= 4 is 40.1 Å². The molecule has 2 amide bonds. The van der Waals surface area contributed by atoms with Crippen molar-refractivity contribution in [3.05, 3.63) is 58.5 Å². The van der Waals surface area contributed by atoms with Crippen molar-refractivity contribution in [1.29, 1.82) is 5.41 Å². The molecule has 0 aliphatic carbocycles. The van der Waals surface area contributed by atoms with Gasteiger partial charge in [0, 0.05) is 23.5 Å². The monoisotopic (exact) mass is 424 g/mol. The van der Waals surface area contributed by atoms with Crippen LogP contribution in [-0.2, 0) is 14.3 Å². The van der Waals surface area contributed by atoms with Crippen LogP contribution in [0, 0.1) is 5.41 Å². The first kappa shape index (κ1) is 20.3. The third kappa shape index (κ3) is 4.04. The minimum absolute atomic E-state index is 0.110. The Morgan fingerprint density at radius 3 is 2.61 bits per heavy atom. The van der Waals surface area contributed by atoms with Gasteiger partial charge in [0.05, 0.1) is 17.6 Å². The lowest BCUT2D eigenvalue weighted by atomic mass is 10.1. The number of carbonyl (C=O) groups excluding carboxylic acids is 2. The van der Waals surface area contributed by atoms with Crippen LogP contribution in [0.15, 0.2) is 47.3 Å². The third-order valence-corrected chi connectivity index (χ3v) is 4.95. The summed E-state index contributed by atoms with van der Waals surface area (Å²) in [6.45, 7) is 0.353. The Morgan fingerprint density at radius 1 is 1.19 bits per heavy atom. The highest BCUT2D eigenvalue weighted by Crippen LogP contribution is 2.23. The lowest BCUT2D eigenvalue weighted by Crippen LogP contribution is -2.55. The van der Waals surface area contributed by atoms with E-state index in [4.69, 9.17) is 15.9 Å². The molecular weight excluding hydrogens is 404 g/mol. The SMILES string of the molecule is N=C(N)c1ccc(NC(=O)C(O)[C@H]2OCCN(c3ccc4[nH]c(=O)[nH]c4c3)C2=O)cc1. The molecule has 160 valence electrons. The van der Waals surface area contributed by atoms with Gasteiger partial charge in [0.25, 0.3) is 11.8 Å². The van der Waals surface area contributed by atoms with Crippen LogP contribution in [-0.4, -0.2) is 58.1 Å². The molecule has 1 aliphatic rings. The number of fused-ring (bicyclic) bond motifs is 1. The Kier molecular flexibility index (Phi) is 5.28. The van der Waals surface area contributed by atoms with Gasteiger partial charge in [0.2, 0.25) is 0 Å². The Bertz CT molecular complexity index is 1210. The number of hydrogen-bond acceptors (Lipinski definition) is 6. The molecule has 11 nitrogen and oxygen atoms in total. The smallest absolute Gasteiger partial charge is 0.323 e. The zero-order valence-corrected chi connectivity index (χ0v) is 16.2. The number of ether oxygens (including phenoxy) is 1. The average Bonchev–Trinajstić information content (AvgIpc) is 3.13. The van der Waals surface area contributed by atoms with Crippen LogP contribution < -0.4 is 21.6 Å². The molecule has 1 aliphatic heterocycles. The van der Waals surface area contributed by atoms with E-state index in [0.717, 1.165) is 0 Å². The first-order valence-corrected chi connectivity index (χ1v) is 9.42. The van der Waals surface area contributed by atoms with Gasteiger partial charge in [-0.05, 0) is 42.5 Å². The fourth-order valence-corrected chi connectivity index (χ4v) is 3.36. The standard InChI is InChI=1S/C20H20N6O5/c21-17(22)10-1-3-11(4-2-10)23-18(28)15(27)16-19(29)26(7-8-31-16)12-5-6-13-14(9-12)25-20(30)24-13/h1-6,9,15-16,27H,7-8H2,(H3,21,22)(H,23,28)(H2,24,25,30)/t15?,16-/m1/s1. The minimum atomic E-state index is -1.74. The van der Waals surface area contributed by atoms with Crippen LogP contribution in [0.1, 0.15) is 5.56 Å². The van der Waals surface area contributed by atoms with Gasteiger partial charge in [0.15, 0.2) is 12.2 Å². The molecule has 1 saturated heterocycles. The van der Waals surface area contributed by atoms with Crippen LogP contribution in [0.2, 0.25) is 0 Å². The number of amidine groups is 1. The van der Waals surface area contributed by atoms with Crippen molar-refractivity contribution in [2.75, 3.05) is 23.4 Å². The second-order valence-electron chi connectivity index (χ2n) is 7.02. The molecular formula is C20H20N6O5. The summed E-state index contributed by atoms with van der Waals surface area (Å²) in [5, 5.41) is 20.4. The number of aromatic nitrogens is 2. The lowest BCUT2D eigenvalue weighted by Gasteiger charge is -2.34. The summed E-state index contributed by atoms with van der Waals surface area (Å²) in [5.41, 5.74) is 7.53. The summed E-state index contributed by atoms with van der Waals surface area (Å²) in [6, 6.07) is 11.1. The number of H-pyrrole nitrogens is 2. The number of aliphatic hydroxyl groups is 1. The highest BCUT2D eigenvalue weighted by molar-refractivity contribution is 6.04. The quantitative estimate of drug-likeness (QED) is 0.245. The summed E-state index contributed by atoms with van der Waals surface area (Å²) in [7, 11) is 0. The maximum Gasteiger partial charge on any atom is 0.323 e. The number of aromatic amines is 2. The summed E-state index contributed by atoms with van der Waals surface area (Å²) in [6.07, 6.45) is -3.12.